The number of nitrogens with one attached hydrogen (secondary N) is 1. The minimum absolute atomic E-state index is 0.0103. The number of aryl methyl sites for hydroxylation is 2. The van der Waals surface area contributed by atoms with Gasteiger partial charge in [0.05, 0.1) is 5.25 Å². The van der Waals surface area contributed by atoms with E-state index in [1.165, 1.54) is 16.6 Å². The fourth-order valence-corrected chi connectivity index (χ4v) is 4.73. The van der Waals surface area contributed by atoms with Crippen molar-refractivity contribution in [2.45, 2.75) is 56.5 Å². The highest BCUT2D eigenvalue weighted by atomic mass is 32.2. The van der Waals surface area contributed by atoms with Crippen molar-refractivity contribution in [2.24, 2.45) is 0 Å². The van der Waals surface area contributed by atoms with Crippen LogP contribution in [0.3, 0.4) is 0 Å². The molecule has 1 saturated carbocycles. The molecule has 2 heterocycles. The fraction of sp³-hybridized carbons (Fsp3) is 0.381. The van der Waals surface area contributed by atoms with Crippen LogP contribution < -0.4 is 5.32 Å². The topological polar surface area (TPSA) is 59.8 Å². The standard InChI is InChI=1S/C21H24N4OS2/c1-13-6-7-14(2)18(11-13)22-20(26)15(3)28-21-24-23-19(25(21)16-8-9-16)12-17-5-4-10-27-17/h4-7,10-11,15-16H,8-9,12H2,1-3H3,(H,22,26). The van der Waals surface area contributed by atoms with Crippen LogP contribution in [0.4, 0.5) is 5.69 Å². The molecule has 5 nitrogen and oxygen atoms in total. The second-order valence-electron chi connectivity index (χ2n) is 7.32. The first-order valence-electron chi connectivity index (χ1n) is 9.52. The van der Waals surface area contributed by atoms with Gasteiger partial charge >= 0.3 is 0 Å². The van der Waals surface area contributed by atoms with E-state index < -0.39 is 0 Å². The van der Waals surface area contributed by atoms with Crippen LogP contribution in [-0.4, -0.2) is 25.9 Å². The Kier molecular flexibility index (Phi) is 5.55. The molecule has 3 aromatic rings. The van der Waals surface area contributed by atoms with Crippen molar-refractivity contribution >= 4 is 34.7 Å². The third kappa shape index (κ3) is 4.31. The van der Waals surface area contributed by atoms with Crippen LogP contribution in [0.25, 0.3) is 0 Å². The zero-order valence-electron chi connectivity index (χ0n) is 16.3. The lowest BCUT2D eigenvalue weighted by molar-refractivity contribution is -0.115. The second-order valence-corrected chi connectivity index (χ2v) is 9.66. The quantitative estimate of drug-likeness (QED) is 0.555. The highest BCUT2D eigenvalue weighted by Gasteiger charge is 2.31. The molecule has 28 heavy (non-hydrogen) atoms. The molecule has 1 atom stereocenters. The van der Waals surface area contributed by atoms with Gasteiger partial charge in [-0.25, -0.2) is 0 Å². The van der Waals surface area contributed by atoms with Crippen molar-refractivity contribution in [2.75, 3.05) is 5.32 Å². The minimum atomic E-state index is -0.254. The Morgan fingerprint density at radius 1 is 1.32 bits per heavy atom. The summed E-state index contributed by atoms with van der Waals surface area (Å²) in [5.74, 6) is 0.985. The first-order chi connectivity index (χ1) is 13.5. The molecule has 0 bridgehead atoms. The van der Waals surface area contributed by atoms with Crippen LogP contribution in [0.15, 0.2) is 40.9 Å². The summed E-state index contributed by atoms with van der Waals surface area (Å²) in [5.41, 5.74) is 3.07. The molecule has 0 aliphatic heterocycles. The molecular weight excluding hydrogens is 388 g/mol. The maximum atomic E-state index is 12.8. The summed E-state index contributed by atoms with van der Waals surface area (Å²) in [6.07, 6.45) is 3.11. The number of benzene rings is 1. The lowest BCUT2D eigenvalue weighted by Crippen LogP contribution is -2.23. The van der Waals surface area contributed by atoms with Gasteiger partial charge in [0.25, 0.3) is 0 Å². The fourth-order valence-electron chi connectivity index (χ4n) is 3.09. The Labute approximate surface area is 173 Å². The number of thioether (sulfide) groups is 1. The molecule has 146 valence electrons. The highest BCUT2D eigenvalue weighted by Crippen LogP contribution is 2.40. The summed E-state index contributed by atoms with van der Waals surface area (Å²) in [6, 6.07) is 10.8. The number of aromatic nitrogens is 3. The second kappa shape index (κ2) is 8.09. The highest BCUT2D eigenvalue weighted by molar-refractivity contribution is 8.00. The summed E-state index contributed by atoms with van der Waals surface area (Å²) in [4.78, 5) is 14.0. The Morgan fingerprint density at radius 3 is 2.86 bits per heavy atom. The van der Waals surface area contributed by atoms with Gasteiger partial charge in [0.1, 0.15) is 5.82 Å². The van der Waals surface area contributed by atoms with Crippen molar-refractivity contribution < 1.29 is 4.79 Å². The number of nitrogens with zero attached hydrogens (tertiary/aromatic N) is 3. The van der Waals surface area contributed by atoms with Crippen LogP contribution in [-0.2, 0) is 11.2 Å². The maximum absolute atomic E-state index is 12.8. The number of rotatable bonds is 7. The van der Waals surface area contributed by atoms with Gasteiger partial charge in [-0.05, 0) is 62.3 Å². The number of thiophene rings is 1. The molecule has 1 amide bonds. The zero-order valence-corrected chi connectivity index (χ0v) is 17.9. The number of anilines is 1. The van der Waals surface area contributed by atoms with Crippen LogP contribution in [0.1, 0.15) is 47.6 Å². The molecule has 1 aliphatic carbocycles. The molecule has 0 radical (unpaired) electrons. The predicted octanol–water partition coefficient (Wildman–Crippen LogP) is 5.00. The van der Waals surface area contributed by atoms with Gasteiger partial charge in [0.15, 0.2) is 5.16 Å². The van der Waals surface area contributed by atoms with Crippen molar-refractivity contribution in [1.29, 1.82) is 0 Å². The number of carbonyl (C=O) groups is 1. The maximum Gasteiger partial charge on any atom is 0.237 e. The van der Waals surface area contributed by atoms with E-state index in [1.807, 2.05) is 32.9 Å². The SMILES string of the molecule is Cc1ccc(C)c(NC(=O)C(C)Sc2nnc(Cc3cccs3)n2C2CC2)c1. The molecule has 1 fully saturated rings. The van der Waals surface area contributed by atoms with Gasteiger partial charge in [0, 0.05) is 23.0 Å². The Morgan fingerprint density at radius 2 is 2.14 bits per heavy atom. The average Bonchev–Trinajstić information content (AvgIpc) is 3.22. The minimum Gasteiger partial charge on any atom is -0.325 e. The smallest absolute Gasteiger partial charge is 0.237 e. The molecule has 1 aromatic carbocycles. The summed E-state index contributed by atoms with van der Waals surface area (Å²) < 4.78 is 2.24. The number of hydrogen-bond acceptors (Lipinski definition) is 5. The van der Waals surface area contributed by atoms with E-state index in [1.54, 1.807) is 11.3 Å². The van der Waals surface area contributed by atoms with Gasteiger partial charge in [0.2, 0.25) is 5.91 Å². The molecule has 1 N–H and O–H groups in total. The van der Waals surface area contributed by atoms with E-state index >= 15 is 0 Å². The summed E-state index contributed by atoms with van der Waals surface area (Å²) in [7, 11) is 0. The Bertz CT molecular complexity index is 976. The lowest BCUT2D eigenvalue weighted by atomic mass is 10.1. The van der Waals surface area contributed by atoms with Gasteiger partial charge in [-0.3, -0.25) is 4.79 Å². The van der Waals surface area contributed by atoms with E-state index in [9.17, 15) is 4.79 Å². The van der Waals surface area contributed by atoms with Crippen LogP contribution in [0.2, 0.25) is 0 Å². The monoisotopic (exact) mass is 412 g/mol. The molecule has 4 rings (SSSR count). The Hall–Kier alpha value is -2.12. The van der Waals surface area contributed by atoms with E-state index in [0.717, 1.165) is 47.1 Å². The van der Waals surface area contributed by atoms with Gasteiger partial charge in [-0.15, -0.1) is 21.5 Å². The van der Waals surface area contributed by atoms with E-state index in [0.29, 0.717) is 6.04 Å². The average molecular weight is 413 g/mol. The van der Waals surface area contributed by atoms with Crippen LogP contribution in [0.5, 0.6) is 0 Å². The van der Waals surface area contributed by atoms with E-state index in [4.69, 9.17) is 0 Å². The molecule has 0 spiro atoms. The first kappa shape index (κ1) is 19.2. The van der Waals surface area contributed by atoms with E-state index in [-0.39, 0.29) is 11.2 Å². The van der Waals surface area contributed by atoms with Crippen molar-refractivity contribution in [3.63, 3.8) is 0 Å². The molecule has 2 aromatic heterocycles. The van der Waals surface area contributed by atoms with Crippen molar-refractivity contribution in [3.8, 4) is 0 Å². The van der Waals surface area contributed by atoms with Crippen LogP contribution >= 0.6 is 23.1 Å². The summed E-state index contributed by atoms with van der Waals surface area (Å²) in [5, 5.41) is 14.6. The predicted molar refractivity (Wildman–Crippen MR) is 115 cm³/mol. The Balaban J connectivity index is 1.48. The number of carbonyl (C=O) groups excluding carboxylic acids is 1. The molecule has 1 aliphatic rings. The third-order valence-corrected chi connectivity index (χ3v) is 6.80. The van der Waals surface area contributed by atoms with E-state index in [2.05, 4.69) is 43.7 Å². The lowest BCUT2D eigenvalue weighted by Gasteiger charge is -2.15. The molecule has 1 unspecified atom stereocenters. The first-order valence-corrected chi connectivity index (χ1v) is 11.3. The largest absolute Gasteiger partial charge is 0.325 e. The van der Waals surface area contributed by atoms with Gasteiger partial charge in [-0.2, -0.15) is 0 Å². The van der Waals surface area contributed by atoms with Crippen molar-refractivity contribution in [3.05, 3.63) is 57.5 Å². The molecular formula is C21H24N4OS2. The zero-order chi connectivity index (χ0) is 19.7. The normalized spacial score (nSPS) is 14.8. The van der Waals surface area contributed by atoms with Crippen molar-refractivity contribution in [1.82, 2.24) is 14.8 Å². The summed E-state index contributed by atoms with van der Waals surface area (Å²) in [6.45, 7) is 5.96. The van der Waals surface area contributed by atoms with Crippen LogP contribution in [0, 0.1) is 13.8 Å². The van der Waals surface area contributed by atoms with Gasteiger partial charge < -0.3 is 9.88 Å². The number of hydrogen-bond donors (Lipinski definition) is 1. The van der Waals surface area contributed by atoms with Gasteiger partial charge in [-0.1, -0.05) is 30.0 Å². The summed E-state index contributed by atoms with van der Waals surface area (Å²) >= 11 is 3.23. The third-order valence-electron chi connectivity index (χ3n) is 4.86. The molecule has 0 saturated heterocycles. The molecule has 7 heteroatoms. The number of amides is 1.